The quantitative estimate of drug-likeness (QED) is 0.797. The predicted molar refractivity (Wildman–Crippen MR) is 65.6 cm³/mol. The molecule has 0 radical (unpaired) electrons. The van der Waals surface area contributed by atoms with E-state index in [0.29, 0.717) is 0 Å². The third kappa shape index (κ3) is 4.77. The first kappa shape index (κ1) is 11.7. The Morgan fingerprint density at radius 1 is 1.21 bits per heavy atom. The molecular weight excluding hydrogens is 238 g/mol. The summed E-state index contributed by atoms with van der Waals surface area (Å²) in [4.78, 5) is 0. The van der Waals surface area contributed by atoms with Crippen LogP contribution < -0.4 is 5.32 Å². The summed E-state index contributed by atoms with van der Waals surface area (Å²) in [5, 5.41) is 3.44. The molecule has 0 amide bonds. The summed E-state index contributed by atoms with van der Waals surface area (Å²) >= 11 is 3.43. The molecule has 0 aliphatic carbocycles. The lowest BCUT2D eigenvalue weighted by atomic mass is 10.1. The molecule has 2 heteroatoms. The third-order valence-corrected chi connectivity index (χ3v) is 2.58. The van der Waals surface area contributed by atoms with Gasteiger partial charge in [-0.1, -0.05) is 41.9 Å². The number of benzene rings is 1. The first-order valence-electron chi connectivity index (χ1n) is 5.13. The molecule has 1 rings (SSSR count). The Bertz CT molecular complexity index is 254. The first-order chi connectivity index (χ1) is 6.68. The Morgan fingerprint density at radius 3 is 2.43 bits per heavy atom. The summed E-state index contributed by atoms with van der Waals surface area (Å²) in [6, 6.07) is 8.53. The second-order valence-corrected chi connectivity index (χ2v) is 4.89. The van der Waals surface area contributed by atoms with Crippen molar-refractivity contribution in [2.24, 2.45) is 5.92 Å². The first-order valence-corrected chi connectivity index (χ1v) is 5.93. The van der Waals surface area contributed by atoms with Crippen LogP contribution in [-0.4, -0.2) is 13.1 Å². The van der Waals surface area contributed by atoms with Crippen LogP contribution in [0.25, 0.3) is 0 Å². The summed E-state index contributed by atoms with van der Waals surface area (Å²) < 4.78 is 1.15. The molecule has 14 heavy (non-hydrogen) atoms. The molecule has 1 aromatic rings. The minimum atomic E-state index is 0.736. The van der Waals surface area contributed by atoms with Gasteiger partial charge in [-0.3, -0.25) is 0 Å². The Morgan fingerprint density at radius 2 is 1.86 bits per heavy atom. The molecule has 1 N–H and O–H groups in total. The van der Waals surface area contributed by atoms with Crippen LogP contribution in [0.5, 0.6) is 0 Å². The van der Waals surface area contributed by atoms with Gasteiger partial charge in [-0.15, -0.1) is 0 Å². The molecule has 0 bridgehead atoms. The molecule has 0 saturated carbocycles. The number of rotatable bonds is 5. The highest BCUT2D eigenvalue weighted by Crippen LogP contribution is 2.10. The van der Waals surface area contributed by atoms with Gasteiger partial charge in [0, 0.05) is 4.47 Å². The monoisotopic (exact) mass is 255 g/mol. The van der Waals surface area contributed by atoms with Gasteiger partial charge in [0.2, 0.25) is 0 Å². The summed E-state index contributed by atoms with van der Waals surface area (Å²) in [6.07, 6.45) is 1.11. The maximum atomic E-state index is 3.44. The van der Waals surface area contributed by atoms with Crippen molar-refractivity contribution >= 4 is 15.9 Å². The maximum absolute atomic E-state index is 3.44. The van der Waals surface area contributed by atoms with Crippen molar-refractivity contribution < 1.29 is 0 Å². The minimum Gasteiger partial charge on any atom is -0.316 e. The molecule has 1 nitrogen and oxygen atoms in total. The lowest BCUT2D eigenvalue weighted by Crippen LogP contribution is -2.22. The summed E-state index contributed by atoms with van der Waals surface area (Å²) in [7, 11) is 0. The fraction of sp³-hybridized carbons (Fsp3) is 0.500. The molecule has 0 aliphatic rings. The highest BCUT2D eigenvalue weighted by Gasteiger charge is 1.94. The van der Waals surface area contributed by atoms with Crippen molar-refractivity contribution in [1.29, 1.82) is 0 Å². The van der Waals surface area contributed by atoms with E-state index in [1.54, 1.807) is 0 Å². The van der Waals surface area contributed by atoms with E-state index >= 15 is 0 Å². The van der Waals surface area contributed by atoms with Crippen LogP contribution in [0.1, 0.15) is 19.4 Å². The van der Waals surface area contributed by atoms with Crippen LogP contribution in [0.4, 0.5) is 0 Å². The van der Waals surface area contributed by atoms with E-state index in [0.717, 1.165) is 29.9 Å². The fourth-order valence-corrected chi connectivity index (χ4v) is 1.54. The average Bonchev–Trinajstić information content (AvgIpc) is 2.15. The maximum Gasteiger partial charge on any atom is 0.0175 e. The zero-order valence-electron chi connectivity index (χ0n) is 8.89. The third-order valence-electron chi connectivity index (χ3n) is 2.06. The van der Waals surface area contributed by atoms with Crippen LogP contribution in [0.15, 0.2) is 28.7 Å². The number of hydrogen-bond acceptors (Lipinski definition) is 1. The Balaban J connectivity index is 2.21. The topological polar surface area (TPSA) is 12.0 Å². The van der Waals surface area contributed by atoms with Crippen molar-refractivity contribution in [3.63, 3.8) is 0 Å². The zero-order valence-corrected chi connectivity index (χ0v) is 10.5. The van der Waals surface area contributed by atoms with E-state index in [4.69, 9.17) is 0 Å². The molecule has 0 aliphatic heterocycles. The van der Waals surface area contributed by atoms with Crippen molar-refractivity contribution in [2.75, 3.05) is 13.1 Å². The van der Waals surface area contributed by atoms with Crippen molar-refractivity contribution in [1.82, 2.24) is 5.32 Å². The van der Waals surface area contributed by atoms with E-state index < -0.39 is 0 Å². The minimum absolute atomic E-state index is 0.736. The lowest BCUT2D eigenvalue weighted by molar-refractivity contribution is 0.554. The molecule has 0 heterocycles. The largest absolute Gasteiger partial charge is 0.316 e. The molecule has 78 valence electrons. The van der Waals surface area contributed by atoms with Crippen LogP contribution in [-0.2, 0) is 6.42 Å². The molecule has 1 aromatic carbocycles. The number of halogens is 1. The van der Waals surface area contributed by atoms with Gasteiger partial charge in [-0.25, -0.2) is 0 Å². The van der Waals surface area contributed by atoms with Gasteiger partial charge >= 0.3 is 0 Å². The second-order valence-electron chi connectivity index (χ2n) is 3.97. The van der Waals surface area contributed by atoms with Gasteiger partial charge in [0.1, 0.15) is 0 Å². The van der Waals surface area contributed by atoms with E-state index in [2.05, 4.69) is 59.4 Å². The smallest absolute Gasteiger partial charge is 0.0175 e. The lowest BCUT2D eigenvalue weighted by Gasteiger charge is -2.07. The van der Waals surface area contributed by atoms with E-state index in [1.807, 2.05) is 0 Å². The van der Waals surface area contributed by atoms with E-state index in [9.17, 15) is 0 Å². The normalized spacial score (nSPS) is 10.9. The van der Waals surface area contributed by atoms with Gasteiger partial charge in [-0.05, 0) is 43.1 Å². The highest BCUT2D eigenvalue weighted by molar-refractivity contribution is 9.10. The number of hydrogen-bond donors (Lipinski definition) is 1. The Hall–Kier alpha value is -0.340. The number of nitrogens with one attached hydrogen (secondary N) is 1. The van der Waals surface area contributed by atoms with Crippen LogP contribution >= 0.6 is 15.9 Å². The summed E-state index contributed by atoms with van der Waals surface area (Å²) in [5.74, 6) is 0.736. The van der Waals surface area contributed by atoms with Gasteiger partial charge in [0.15, 0.2) is 0 Å². The van der Waals surface area contributed by atoms with E-state index in [-0.39, 0.29) is 0 Å². The standard InChI is InChI=1S/C12H18BrN/c1-10(2)9-14-8-7-11-3-5-12(13)6-4-11/h3-6,10,14H,7-9H2,1-2H3. The van der Waals surface area contributed by atoms with E-state index in [1.165, 1.54) is 5.56 Å². The molecule has 0 fully saturated rings. The second kappa shape index (κ2) is 6.20. The van der Waals surface area contributed by atoms with Crippen molar-refractivity contribution in [2.45, 2.75) is 20.3 Å². The molecular formula is C12H18BrN. The van der Waals surface area contributed by atoms with Crippen LogP contribution in [0.3, 0.4) is 0 Å². The summed E-state index contributed by atoms with van der Waals surface area (Å²) in [6.45, 7) is 6.63. The fourth-order valence-electron chi connectivity index (χ4n) is 1.27. The Labute approximate surface area is 95.0 Å². The average molecular weight is 256 g/mol. The molecule has 0 saturated heterocycles. The molecule has 0 unspecified atom stereocenters. The van der Waals surface area contributed by atoms with Crippen molar-refractivity contribution in [3.05, 3.63) is 34.3 Å². The molecule has 0 aromatic heterocycles. The SMILES string of the molecule is CC(C)CNCCc1ccc(Br)cc1. The van der Waals surface area contributed by atoms with Crippen LogP contribution in [0, 0.1) is 5.92 Å². The van der Waals surface area contributed by atoms with Gasteiger partial charge in [-0.2, -0.15) is 0 Å². The Kier molecular flexibility index (Phi) is 5.20. The zero-order chi connectivity index (χ0) is 10.4. The van der Waals surface area contributed by atoms with Gasteiger partial charge in [0.05, 0.1) is 0 Å². The van der Waals surface area contributed by atoms with Crippen LogP contribution in [0.2, 0.25) is 0 Å². The summed E-state index contributed by atoms with van der Waals surface area (Å²) in [5.41, 5.74) is 1.39. The van der Waals surface area contributed by atoms with Crippen molar-refractivity contribution in [3.8, 4) is 0 Å². The molecule has 0 atom stereocenters. The van der Waals surface area contributed by atoms with Gasteiger partial charge < -0.3 is 5.32 Å². The molecule has 0 spiro atoms. The van der Waals surface area contributed by atoms with Gasteiger partial charge in [0.25, 0.3) is 0 Å². The highest BCUT2D eigenvalue weighted by atomic mass is 79.9. The predicted octanol–water partition coefficient (Wildman–Crippen LogP) is 3.24.